The van der Waals surface area contributed by atoms with Crippen molar-refractivity contribution in [1.82, 2.24) is 0 Å². The predicted molar refractivity (Wildman–Crippen MR) is 107 cm³/mol. The van der Waals surface area contributed by atoms with Gasteiger partial charge in [0.2, 0.25) is 0 Å². The van der Waals surface area contributed by atoms with Crippen LogP contribution in [0.5, 0.6) is 11.5 Å². The van der Waals surface area contributed by atoms with Crippen molar-refractivity contribution in [2.45, 2.75) is 6.61 Å². The van der Waals surface area contributed by atoms with Crippen LogP contribution in [0, 0.1) is 0 Å². The Labute approximate surface area is 160 Å². The summed E-state index contributed by atoms with van der Waals surface area (Å²) in [5, 5.41) is 9.05. The standard InChI is InChI=1S/C23H24O4/c1-25-21-12-5-3-9-18(21)19-11-7-8-17(16-27-15-14-24)23(19)20-10-4-6-13-22(20)26-2/h3-13,24H,14-16H2,1-2H3. The average molecular weight is 364 g/mol. The highest BCUT2D eigenvalue weighted by molar-refractivity contribution is 5.90. The third-order valence-corrected chi connectivity index (χ3v) is 4.42. The molecule has 0 amide bonds. The fraction of sp³-hybridized carbons (Fsp3) is 0.217. The van der Waals surface area contributed by atoms with Gasteiger partial charge in [0.25, 0.3) is 0 Å². The summed E-state index contributed by atoms with van der Waals surface area (Å²) in [4.78, 5) is 0. The fourth-order valence-electron chi connectivity index (χ4n) is 3.23. The van der Waals surface area contributed by atoms with E-state index < -0.39 is 0 Å². The quantitative estimate of drug-likeness (QED) is 0.596. The van der Waals surface area contributed by atoms with Crippen molar-refractivity contribution in [2.75, 3.05) is 27.4 Å². The molecule has 0 aliphatic carbocycles. The van der Waals surface area contributed by atoms with E-state index in [1.807, 2.05) is 60.7 Å². The zero-order valence-corrected chi connectivity index (χ0v) is 15.6. The van der Waals surface area contributed by atoms with E-state index in [1.54, 1.807) is 14.2 Å². The van der Waals surface area contributed by atoms with E-state index in [2.05, 4.69) is 6.07 Å². The molecule has 3 aromatic carbocycles. The molecule has 4 heteroatoms. The van der Waals surface area contributed by atoms with Gasteiger partial charge in [-0.05, 0) is 28.8 Å². The molecule has 27 heavy (non-hydrogen) atoms. The van der Waals surface area contributed by atoms with Crippen LogP contribution < -0.4 is 9.47 Å². The summed E-state index contributed by atoms with van der Waals surface area (Å²) in [7, 11) is 3.35. The van der Waals surface area contributed by atoms with Crippen LogP contribution in [0.3, 0.4) is 0 Å². The smallest absolute Gasteiger partial charge is 0.126 e. The molecule has 0 heterocycles. The Morgan fingerprint density at radius 3 is 1.96 bits per heavy atom. The van der Waals surface area contributed by atoms with Crippen LogP contribution in [0.4, 0.5) is 0 Å². The van der Waals surface area contributed by atoms with E-state index in [9.17, 15) is 0 Å². The number of rotatable bonds is 8. The second kappa shape index (κ2) is 9.21. The predicted octanol–water partition coefficient (Wildman–Crippen LogP) is 4.55. The summed E-state index contributed by atoms with van der Waals surface area (Å²) in [6.07, 6.45) is 0. The highest BCUT2D eigenvalue weighted by Crippen LogP contribution is 2.42. The maximum atomic E-state index is 9.05. The van der Waals surface area contributed by atoms with Gasteiger partial charge in [0.1, 0.15) is 11.5 Å². The van der Waals surface area contributed by atoms with Gasteiger partial charge < -0.3 is 19.3 Å². The third-order valence-electron chi connectivity index (χ3n) is 4.42. The molecule has 0 saturated heterocycles. The second-order valence-corrected chi connectivity index (χ2v) is 6.02. The Morgan fingerprint density at radius 1 is 0.704 bits per heavy atom. The van der Waals surface area contributed by atoms with Crippen molar-refractivity contribution in [2.24, 2.45) is 0 Å². The summed E-state index contributed by atoms with van der Waals surface area (Å²) in [6, 6.07) is 22.0. The number of methoxy groups -OCH3 is 2. The molecule has 4 nitrogen and oxygen atoms in total. The molecule has 140 valence electrons. The molecule has 0 saturated carbocycles. The lowest BCUT2D eigenvalue weighted by molar-refractivity contribution is 0.0818. The molecule has 0 unspecified atom stereocenters. The number of para-hydroxylation sites is 2. The minimum Gasteiger partial charge on any atom is -0.496 e. The van der Waals surface area contributed by atoms with Crippen molar-refractivity contribution < 1.29 is 19.3 Å². The Balaban J connectivity index is 2.23. The molecule has 0 bridgehead atoms. The Kier molecular flexibility index (Phi) is 6.47. The minimum absolute atomic E-state index is 0.00378. The molecule has 3 rings (SSSR count). The van der Waals surface area contributed by atoms with E-state index in [1.165, 1.54) is 0 Å². The van der Waals surface area contributed by atoms with Gasteiger partial charge in [-0.1, -0.05) is 54.6 Å². The number of benzene rings is 3. The maximum absolute atomic E-state index is 9.05. The van der Waals surface area contributed by atoms with Gasteiger partial charge in [-0.15, -0.1) is 0 Å². The van der Waals surface area contributed by atoms with Crippen LogP contribution in [-0.4, -0.2) is 32.5 Å². The Morgan fingerprint density at radius 2 is 1.30 bits per heavy atom. The van der Waals surface area contributed by atoms with E-state index in [4.69, 9.17) is 19.3 Å². The monoisotopic (exact) mass is 364 g/mol. The van der Waals surface area contributed by atoms with Gasteiger partial charge in [-0.25, -0.2) is 0 Å². The minimum atomic E-state index is -0.00378. The molecule has 1 N–H and O–H groups in total. The number of aliphatic hydroxyl groups excluding tert-OH is 1. The number of hydrogen-bond donors (Lipinski definition) is 1. The molecule has 0 aliphatic heterocycles. The molecule has 0 aliphatic rings. The molecule has 0 radical (unpaired) electrons. The largest absolute Gasteiger partial charge is 0.496 e. The van der Waals surface area contributed by atoms with E-state index in [-0.39, 0.29) is 6.61 Å². The summed E-state index contributed by atoms with van der Waals surface area (Å²) >= 11 is 0. The fourth-order valence-corrected chi connectivity index (χ4v) is 3.23. The van der Waals surface area contributed by atoms with Gasteiger partial charge in [0.05, 0.1) is 34.0 Å². The SMILES string of the molecule is COc1ccccc1-c1cccc(COCCO)c1-c1ccccc1OC. The van der Waals surface area contributed by atoms with Gasteiger partial charge in [0.15, 0.2) is 0 Å². The van der Waals surface area contributed by atoms with Gasteiger partial charge in [0, 0.05) is 11.1 Å². The number of hydrogen-bond acceptors (Lipinski definition) is 4. The van der Waals surface area contributed by atoms with Crippen molar-refractivity contribution in [3.8, 4) is 33.8 Å². The molecular weight excluding hydrogens is 340 g/mol. The van der Waals surface area contributed by atoms with Crippen molar-refractivity contribution in [3.05, 3.63) is 72.3 Å². The summed E-state index contributed by atoms with van der Waals surface area (Å²) in [5.41, 5.74) is 5.10. The highest BCUT2D eigenvalue weighted by Gasteiger charge is 2.18. The molecule has 0 fully saturated rings. The maximum Gasteiger partial charge on any atom is 0.126 e. The lowest BCUT2D eigenvalue weighted by atomic mass is 9.90. The van der Waals surface area contributed by atoms with Gasteiger partial charge in [-0.2, -0.15) is 0 Å². The zero-order chi connectivity index (χ0) is 19.1. The first kappa shape index (κ1) is 19.0. The lowest BCUT2D eigenvalue weighted by Crippen LogP contribution is -2.02. The van der Waals surface area contributed by atoms with Crippen LogP contribution in [0.1, 0.15) is 5.56 Å². The van der Waals surface area contributed by atoms with E-state index >= 15 is 0 Å². The van der Waals surface area contributed by atoms with Crippen molar-refractivity contribution in [3.63, 3.8) is 0 Å². The summed E-state index contributed by atoms with van der Waals surface area (Å²) in [6.45, 7) is 0.692. The topological polar surface area (TPSA) is 47.9 Å². The van der Waals surface area contributed by atoms with Crippen LogP contribution in [0.25, 0.3) is 22.3 Å². The van der Waals surface area contributed by atoms with Gasteiger partial charge in [-0.3, -0.25) is 0 Å². The Hall–Kier alpha value is -2.82. The third kappa shape index (κ3) is 4.13. The highest BCUT2D eigenvalue weighted by atomic mass is 16.5. The van der Waals surface area contributed by atoms with Crippen LogP contribution in [0.2, 0.25) is 0 Å². The van der Waals surface area contributed by atoms with Gasteiger partial charge >= 0.3 is 0 Å². The normalized spacial score (nSPS) is 10.6. The number of aliphatic hydroxyl groups is 1. The number of ether oxygens (including phenoxy) is 3. The van der Waals surface area contributed by atoms with Crippen molar-refractivity contribution in [1.29, 1.82) is 0 Å². The van der Waals surface area contributed by atoms with Crippen molar-refractivity contribution >= 4 is 0 Å². The van der Waals surface area contributed by atoms with E-state index in [0.29, 0.717) is 13.2 Å². The lowest BCUT2D eigenvalue weighted by Gasteiger charge is -2.19. The molecule has 0 spiro atoms. The first-order chi connectivity index (χ1) is 13.3. The molecule has 0 aromatic heterocycles. The van der Waals surface area contributed by atoms with Crippen LogP contribution in [-0.2, 0) is 11.3 Å². The second-order valence-electron chi connectivity index (χ2n) is 6.02. The Bertz CT molecular complexity index is 889. The average Bonchev–Trinajstić information content (AvgIpc) is 2.73. The first-order valence-electron chi connectivity index (χ1n) is 8.87. The summed E-state index contributed by atoms with van der Waals surface area (Å²) < 4.78 is 16.8. The zero-order valence-electron chi connectivity index (χ0n) is 15.6. The molecule has 0 atom stereocenters. The van der Waals surface area contributed by atoms with Crippen LogP contribution >= 0.6 is 0 Å². The molecular formula is C23H24O4. The first-order valence-corrected chi connectivity index (χ1v) is 8.87. The van der Waals surface area contributed by atoms with E-state index in [0.717, 1.165) is 39.3 Å². The summed E-state index contributed by atoms with van der Waals surface area (Å²) in [5.74, 6) is 1.60. The molecule has 3 aromatic rings. The van der Waals surface area contributed by atoms with Crippen LogP contribution in [0.15, 0.2) is 66.7 Å².